The summed E-state index contributed by atoms with van der Waals surface area (Å²) in [6, 6.07) is 5.06. The zero-order valence-electron chi connectivity index (χ0n) is 8.78. The molecule has 2 aromatic rings. The van der Waals surface area contributed by atoms with Gasteiger partial charge in [0, 0.05) is 11.6 Å². The van der Waals surface area contributed by atoms with Crippen molar-refractivity contribution in [1.82, 2.24) is 14.8 Å². The van der Waals surface area contributed by atoms with E-state index in [0.717, 1.165) is 12.8 Å². The zero-order chi connectivity index (χ0) is 12.0. The van der Waals surface area contributed by atoms with Gasteiger partial charge in [-0.2, -0.15) is 5.10 Å². The standard InChI is InChI=1S/C11H9ClFN3S/c12-9-7(2-1-3-8(9)13)10-14-15-11(17)16(10)6-4-5-6/h1-3,6H,4-5H2,(H,15,17). The van der Waals surface area contributed by atoms with Gasteiger partial charge in [0.1, 0.15) is 5.82 Å². The maximum absolute atomic E-state index is 13.4. The second-order valence-electron chi connectivity index (χ2n) is 4.05. The molecule has 0 spiro atoms. The summed E-state index contributed by atoms with van der Waals surface area (Å²) in [7, 11) is 0. The van der Waals surface area contributed by atoms with Gasteiger partial charge < -0.3 is 0 Å². The Morgan fingerprint density at radius 1 is 1.47 bits per heavy atom. The first-order valence-corrected chi connectivity index (χ1v) is 6.08. The molecule has 1 aliphatic carbocycles. The summed E-state index contributed by atoms with van der Waals surface area (Å²) in [6.45, 7) is 0. The van der Waals surface area contributed by atoms with Gasteiger partial charge in [-0.05, 0) is 37.2 Å². The lowest BCUT2D eigenvalue weighted by Gasteiger charge is -2.06. The van der Waals surface area contributed by atoms with Crippen LogP contribution in [0.3, 0.4) is 0 Å². The molecular weight excluding hydrogens is 261 g/mol. The summed E-state index contributed by atoms with van der Waals surface area (Å²) < 4.78 is 15.9. The van der Waals surface area contributed by atoms with Crippen molar-refractivity contribution >= 4 is 23.8 Å². The van der Waals surface area contributed by atoms with Gasteiger partial charge in [0.25, 0.3) is 0 Å². The predicted octanol–water partition coefficient (Wildman–Crippen LogP) is 3.74. The molecule has 0 aliphatic heterocycles. The van der Waals surface area contributed by atoms with Crippen molar-refractivity contribution in [2.75, 3.05) is 0 Å². The Morgan fingerprint density at radius 2 is 2.24 bits per heavy atom. The van der Waals surface area contributed by atoms with Crippen molar-refractivity contribution in [2.24, 2.45) is 0 Å². The largest absolute Gasteiger partial charge is 0.297 e. The van der Waals surface area contributed by atoms with Crippen LogP contribution in [0.4, 0.5) is 4.39 Å². The maximum Gasteiger partial charge on any atom is 0.195 e. The number of hydrogen-bond donors (Lipinski definition) is 1. The summed E-state index contributed by atoms with van der Waals surface area (Å²) in [4.78, 5) is 0. The Morgan fingerprint density at radius 3 is 2.94 bits per heavy atom. The van der Waals surface area contributed by atoms with E-state index < -0.39 is 5.82 Å². The predicted molar refractivity (Wildman–Crippen MR) is 66.1 cm³/mol. The molecule has 0 atom stereocenters. The second-order valence-corrected chi connectivity index (χ2v) is 4.82. The van der Waals surface area contributed by atoms with Crippen LogP contribution in [0.15, 0.2) is 18.2 Å². The summed E-state index contributed by atoms with van der Waals surface area (Å²) in [5.74, 6) is 0.169. The number of H-pyrrole nitrogens is 1. The Hall–Kier alpha value is -1.20. The molecule has 1 aromatic heterocycles. The van der Waals surface area contributed by atoms with Crippen molar-refractivity contribution in [3.63, 3.8) is 0 Å². The average Bonchev–Trinajstić information content (AvgIpc) is 3.07. The molecule has 1 aliphatic rings. The van der Waals surface area contributed by atoms with E-state index in [-0.39, 0.29) is 5.02 Å². The third-order valence-electron chi connectivity index (χ3n) is 2.81. The monoisotopic (exact) mass is 269 g/mol. The first kappa shape index (κ1) is 10.9. The minimum absolute atomic E-state index is 0.0865. The van der Waals surface area contributed by atoms with Crippen LogP contribution in [-0.2, 0) is 0 Å². The number of hydrogen-bond acceptors (Lipinski definition) is 2. The Labute approximate surface area is 107 Å². The summed E-state index contributed by atoms with van der Waals surface area (Å²) in [5.41, 5.74) is 0.575. The Balaban J connectivity index is 2.21. The van der Waals surface area contributed by atoms with Crippen LogP contribution in [0.1, 0.15) is 18.9 Å². The highest BCUT2D eigenvalue weighted by Crippen LogP contribution is 2.39. The van der Waals surface area contributed by atoms with Crippen molar-refractivity contribution in [2.45, 2.75) is 18.9 Å². The molecule has 3 rings (SSSR count). The topological polar surface area (TPSA) is 33.6 Å². The summed E-state index contributed by atoms with van der Waals surface area (Å²) in [5, 5.41) is 6.97. The van der Waals surface area contributed by atoms with Gasteiger partial charge in [-0.15, -0.1) is 0 Å². The maximum atomic E-state index is 13.4. The minimum Gasteiger partial charge on any atom is -0.297 e. The molecule has 0 unspecified atom stereocenters. The van der Waals surface area contributed by atoms with Gasteiger partial charge >= 0.3 is 0 Å². The quantitative estimate of drug-likeness (QED) is 0.843. The van der Waals surface area contributed by atoms with E-state index in [1.165, 1.54) is 6.07 Å². The van der Waals surface area contributed by atoms with Crippen LogP contribution in [-0.4, -0.2) is 14.8 Å². The SMILES string of the molecule is Fc1cccc(-c2n[nH]c(=S)n2C2CC2)c1Cl. The summed E-state index contributed by atoms with van der Waals surface area (Å²) >= 11 is 11.1. The number of halogens is 2. The van der Waals surface area contributed by atoms with E-state index in [4.69, 9.17) is 23.8 Å². The first-order chi connectivity index (χ1) is 8.18. The molecule has 0 radical (unpaired) electrons. The fourth-order valence-corrected chi connectivity index (χ4v) is 2.33. The first-order valence-electron chi connectivity index (χ1n) is 5.30. The zero-order valence-corrected chi connectivity index (χ0v) is 10.4. The van der Waals surface area contributed by atoms with E-state index in [1.807, 2.05) is 4.57 Å². The van der Waals surface area contributed by atoms with Crippen molar-refractivity contribution < 1.29 is 4.39 Å². The molecule has 0 amide bonds. The lowest BCUT2D eigenvalue weighted by Crippen LogP contribution is -1.98. The second kappa shape index (κ2) is 3.92. The van der Waals surface area contributed by atoms with Crippen LogP contribution in [0.2, 0.25) is 5.02 Å². The number of benzene rings is 1. The minimum atomic E-state index is -0.444. The normalized spacial score (nSPS) is 15.2. The van der Waals surface area contributed by atoms with Crippen LogP contribution in [0, 0.1) is 10.6 Å². The lowest BCUT2D eigenvalue weighted by molar-refractivity contribution is 0.628. The Bertz CT molecular complexity index is 630. The lowest BCUT2D eigenvalue weighted by atomic mass is 10.2. The molecule has 1 N–H and O–H groups in total. The van der Waals surface area contributed by atoms with E-state index in [9.17, 15) is 4.39 Å². The third-order valence-corrected chi connectivity index (χ3v) is 3.48. The van der Waals surface area contributed by atoms with Gasteiger partial charge in [-0.25, -0.2) is 4.39 Å². The Kier molecular flexibility index (Phi) is 2.52. The molecule has 1 aromatic carbocycles. The molecule has 1 heterocycles. The van der Waals surface area contributed by atoms with Crippen molar-refractivity contribution in [1.29, 1.82) is 0 Å². The average molecular weight is 270 g/mol. The van der Waals surface area contributed by atoms with E-state index in [1.54, 1.807) is 12.1 Å². The van der Waals surface area contributed by atoms with Gasteiger partial charge in [-0.3, -0.25) is 9.67 Å². The number of nitrogens with zero attached hydrogens (tertiary/aromatic N) is 2. The van der Waals surface area contributed by atoms with E-state index in [0.29, 0.717) is 22.2 Å². The number of aromatic nitrogens is 3. The highest BCUT2D eigenvalue weighted by molar-refractivity contribution is 7.71. The molecule has 6 heteroatoms. The third kappa shape index (κ3) is 1.79. The van der Waals surface area contributed by atoms with Gasteiger partial charge in [0.15, 0.2) is 10.6 Å². The molecule has 0 bridgehead atoms. The van der Waals surface area contributed by atoms with E-state index in [2.05, 4.69) is 10.2 Å². The van der Waals surface area contributed by atoms with Crippen molar-refractivity contribution in [3.8, 4) is 11.4 Å². The molecule has 0 saturated heterocycles. The highest BCUT2D eigenvalue weighted by Gasteiger charge is 2.28. The smallest absolute Gasteiger partial charge is 0.195 e. The van der Waals surface area contributed by atoms with Gasteiger partial charge in [0.2, 0.25) is 0 Å². The molecule has 3 nitrogen and oxygen atoms in total. The van der Waals surface area contributed by atoms with Crippen LogP contribution < -0.4 is 0 Å². The van der Waals surface area contributed by atoms with Crippen LogP contribution >= 0.6 is 23.8 Å². The molecule has 1 saturated carbocycles. The fourth-order valence-electron chi connectivity index (χ4n) is 1.84. The highest BCUT2D eigenvalue weighted by atomic mass is 35.5. The molecule has 17 heavy (non-hydrogen) atoms. The van der Waals surface area contributed by atoms with Crippen LogP contribution in [0.5, 0.6) is 0 Å². The fraction of sp³-hybridized carbons (Fsp3) is 0.273. The van der Waals surface area contributed by atoms with Crippen molar-refractivity contribution in [3.05, 3.63) is 33.8 Å². The van der Waals surface area contributed by atoms with Crippen LogP contribution in [0.25, 0.3) is 11.4 Å². The van der Waals surface area contributed by atoms with Gasteiger partial charge in [-0.1, -0.05) is 17.7 Å². The van der Waals surface area contributed by atoms with E-state index >= 15 is 0 Å². The number of aromatic amines is 1. The molecular formula is C11H9ClFN3S. The number of rotatable bonds is 2. The molecule has 1 fully saturated rings. The van der Waals surface area contributed by atoms with Gasteiger partial charge in [0.05, 0.1) is 5.02 Å². The summed E-state index contributed by atoms with van der Waals surface area (Å²) in [6.07, 6.45) is 2.15. The molecule has 88 valence electrons. The number of nitrogens with one attached hydrogen (secondary N) is 1.